The van der Waals surface area contributed by atoms with Crippen molar-refractivity contribution >= 4 is 5.91 Å². The van der Waals surface area contributed by atoms with Crippen molar-refractivity contribution in [2.24, 2.45) is 0 Å². The zero-order valence-electron chi connectivity index (χ0n) is 6.86. The molecule has 1 fully saturated rings. The van der Waals surface area contributed by atoms with Gasteiger partial charge in [0, 0.05) is 13.1 Å². The predicted molar refractivity (Wildman–Crippen MR) is 42.5 cm³/mol. The highest BCUT2D eigenvalue weighted by atomic mass is 16.3. The van der Waals surface area contributed by atoms with Gasteiger partial charge in [-0.05, 0) is 0 Å². The van der Waals surface area contributed by atoms with Crippen LogP contribution in [0.25, 0.3) is 0 Å². The minimum absolute atomic E-state index is 0.0471. The van der Waals surface area contributed by atoms with Crippen LogP contribution < -0.4 is 5.32 Å². The van der Waals surface area contributed by atoms with Gasteiger partial charge in [0.1, 0.15) is 0 Å². The van der Waals surface area contributed by atoms with Gasteiger partial charge in [0.15, 0.2) is 0 Å². The summed E-state index contributed by atoms with van der Waals surface area (Å²) in [7, 11) is 0. The first-order valence-corrected chi connectivity index (χ1v) is 3.99. The molecule has 3 N–H and O–H groups in total. The lowest BCUT2D eigenvalue weighted by atomic mass is 10.2. The summed E-state index contributed by atoms with van der Waals surface area (Å²) in [6.07, 6.45) is 0. The van der Waals surface area contributed by atoms with E-state index in [4.69, 9.17) is 10.2 Å². The Kier molecular flexibility index (Phi) is 3.46. The van der Waals surface area contributed by atoms with Crippen molar-refractivity contribution < 1.29 is 15.0 Å². The van der Waals surface area contributed by atoms with Gasteiger partial charge in [-0.25, -0.2) is 0 Å². The number of hydrogen-bond acceptors (Lipinski definition) is 4. The van der Waals surface area contributed by atoms with E-state index in [2.05, 4.69) is 5.32 Å². The van der Waals surface area contributed by atoms with Crippen LogP contribution in [0.15, 0.2) is 0 Å². The number of aliphatic hydroxyl groups excluding tert-OH is 2. The molecular formula is C7H14N2O3. The van der Waals surface area contributed by atoms with E-state index in [0.29, 0.717) is 19.6 Å². The molecule has 1 rings (SSSR count). The molecule has 0 aromatic carbocycles. The summed E-state index contributed by atoms with van der Waals surface area (Å²) in [6, 6.07) is -0.183. The topological polar surface area (TPSA) is 72.8 Å². The Morgan fingerprint density at radius 3 is 2.92 bits per heavy atom. The van der Waals surface area contributed by atoms with Crippen LogP contribution in [-0.4, -0.2) is 59.9 Å². The second-order valence-corrected chi connectivity index (χ2v) is 2.91. The Morgan fingerprint density at radius 2 is 2.33 bits per heavy atom. The highest BCUT2D eigenvalue weighted by Gasteiger charge is 2.22. The lowest BCUT2D eigenvalue weighted by Gasteiger charge is -2.31. The predicted octanol–water partition coefficient (Wildman–Crippen LogP) is -2.23. The standard InChI is InChI=1S/C7H14N2O3/c10-2-1-9-3-6(5-11)8-7(12)4-9/h6,10-11H,1-5H2,(H,8,12). The zero-order valence-corrected chi connectivity index (χ0v) is 6.86. The van der Waals surface area contributed by atoms with Crippen LogP contribution in [0.4, 0.5) is 0 Å². The second-order valence-electron chi connectivity index (χ2n) is 2.91. The summed E-state index contributed by atoms with van der Waals surface area (Å²) in [5.74, 6) is -0.0891. The van der Waals surface area contributed by atoms with Gasteiger partial charge in [-0.2, -0.15) is 0 Å². The average molecular weight is 174 g/mol. The molecular weight excluding hydrogens is 160 g/mol. The minimum atomic E-state index is -0.183. The molecule has 5 heteroatoms. The third-order valence-electron chi connectivity index (χ3n) is 1.85. The Morgan fingerprint density at radius 1 is 1.58 bits per heavy atom. The van der Waals surface area contributed by atoms with E-state index in [0.717, 1.165) is 0 Å². The number of rotatable bonds is 3. The highest BCUT2D eigenvalue weighted by Crippen LogP contribution is 1.98. The number of β-amino-alcohol motifs (C(OH)–C–C–N with tert-alkyl or cyclic N) is 1. The number of nitrogens with zero attached hydrogens (tertiary/aromatic N) is 1. The fourth-order valence-corrected chi connectivity index (χ4v) is 1.31. The Hall–Kier alpha value is -0.650. The van der Waals surface area contributed by atoms with Crippen LogP contribution in [0.5, 0.6) is 0 Å². The van der Waals surface area contributed by atoms with Crippen molar-refractivity contribution in [3.05, 3.63) is 0 Å². The van der Waals surface area contributed by atoms with Gasteiger partial charge in [-0.1, -0.05) is 0 Å². The van der Waals surface area contributed by atoms with Crippen molar-refractivity contribution in [2.75, 3.05) is 32.8 Å². The summed E-state index contributed by atoms with van der Waals surface area (Å²) < 4.78 is 0. The van der Waals surface area contributed by atoms with Crippen LogP contribution in [-0.2, 0) is 4.79 Å². The molecule has 1 amide bonds. The van der Waals surface area contributed by atoms with E-state index in [1.54, 1.807) is 0 Å². The molecule has 12 heavy (non-hydrogen) atoms. The number of nitrogens with one attached hydrogen (secondary N) is 1. The number of carbonyl (C=O) groups is 1. The lowest BCUT2D eigenvalue weighted by molar-refractivity contribution is -0.126. The third-order valence-corrected chi connectivity index (χ3v) is 1.85. The Bertz CT molecular complexity index is 163. The van der Waals surface area contributed by atoms with E-state index in [9.17, 15) is 4.79 Å². The average Bonchev–Trinajstić information content (AvgIpc) is 2.04. The molecule has 0 spiro atoms. The molecule has 0 aromatic rings. The van der Waals surface area contributed by atoms with E-state index < -0.39 is 0 Å². The monoisotopic (exact) mass is 174 g/mol. The van der Waals surface area contributed by atoms with Gasteiger partial charge in [0.25, 0.3) is 0 Å². The van der Waals surface area contributed by atoms with Crippen molar-refractivity contribution in [2.45, 2.75) is 6.04 Å². The van der Waals surface area contributed by atoms with Crippen molar-refractivity contribution in [3.63, 3.8) is 0 Å². The molecule has 0 saturated carbocycles. The summed E-state index contributed by atoms with van der Waals surface area (Å²) >= 11 is 0. The second kappa shape index (κ2) is 4.39. The van der Waals surface area contributed by atoms with Gasteiger partial charge in [0.05, 0.1) is 25.8 Å². The number of aliphatic hydroxyl groups is 2. The van der Waals surface area contributed by atoms with Crippen molar-refractivity contribution in [1.82, 2.24) is 10.2 Å². The number of carbonyl (C=O) groups excluding carboxylic acids is 1. The molecule has 0 radical (unpaired) electrons. The van der Waals surface area contributed by atoms with Crippen LogP contribution in [0, 0.1) is 0 Å². The molecule has 0 aromatic heterocycles. The molecule has 1 saturated heterocycles. The first-order chi connectivity index (χ1) is 5.76. The first kappa shape index (κ1) is 9.44. The van der Waals surface area contributed by atoms with Gasteiger partial charge in [-0.3, -0.25) is 9.69 Å². The molecule has 1 unspecified atom stereocenters. The highest BCUT2D eigenvalue weighted by molar-refractivity contribution is 5.79. The Labute approximate surface area is 71.0 Å². The summed E-state index contributed by atoms with van der Waals surface area (Å²) in [6.45, 7) is 1.42. The number of piperazine rings is 1. The van der Waals surface area contributed by atoms with E-state index >= 15 is 0 Å². The van der Waals surface area contributed by atoms with Gasteiger partial charge >= 0.3 is 0 Å². The number of amides is 1. The molecule has 0 bridgehead atoms. The number of hydrogen-bond donors (Lipinski definition) is 3. The first-order valence-electron chi connectivity index (χ1n) is 3.99. The van der Waals surface area contributed by atoms with Crippen LogP contribution in [0.1, 0.15) is 0 Å². The summed E-state index contributed by atoms with van der Waals surface area (Å²) in [4.78, 5) is 12.8. The van der Waals surface area contributed by atoms with E-state index in [1.165, 1.54) is 0 Å². The molecule has 5 nitrogen and oxygen atoms in total. The lowest BCUT2D eigenvalue weighted by Crippen LogP contribution is -2.55. The normalized spacial score (nSPS) is 25.5. The van der Waals surface area contributed by atoms with E-state index in [1.807, 2.05) is 4.90 Å². The quantitative estimate of drug-likeness (QED) is 0.453. The van der Waals surface area contributed by atoms with Crippen LogP contribution >= 0.6 is 0 Å². The largest absolute Gasteiger partial charge is 0.395 e. The SMILES string of the molecule is O=C1CN(CCO)CC(CO)N1. The summed E-state index contributed by atoms with van der Waals surface area (Å²) in [5.41, 5.74) is 0. The van der Waals surface area contributed by atoms with Crippen LogP contribution in [0.3, 0.4) is 0 Å². The molecule has 1 atom stereocenters. The zero-order chi connectivity index (χ0) is 8.97. The molecule has 0 aliphatic carbocycles. The maximum Gasteiger partial charge on any atom is 0.234 e. The van der Waals surface area contributed by atoms with E-state index in [-0.39, 0.29) is 25.2 Å². The van der Waals surface area contributed by atoms with Crippen molar-refractivity contribution in [1.29, 1.82) is 0 Å². The van der Waals surface area contributed by atoms with Gasteiger partial charge in [0.2, 0.25) is 5.91 Å². The molecule has 1 heterocycles. The molecule has 1 aliphatic rings. The molecule has 70 valence electrons. The van der Waals surface area contributed by atoms with Gasteiger partial charge in [-0.15, -0.1) is 0 Å². The maximum absolute atomic E-state index is 11.0. The maximum atomic E-state index is 11.0. The van der Waals surface area contributed by atoms with Crippen LogP contribution in [0.2, 0.25) is 0 Å². The van der Waals surface area contributed by atoms with Crippen molar-refractivity contribution in [3.8, 4) is 0 Å². The minimum Gasteiger partial charge on any atom is -0.395 e. The fraction of sp³-hybridized carbons (Fsp3) is 0.857. The fourth-order valence-electron chi connectivity index (χ4n) is 1.31. The smallest absolute Gasteiger partial charge is 0.234 e. The Balaban J connectivity index is 2.39. The van der Waals surface area contributed by atoms with Gasteiger partial charge < -0.3 is 15.5 Å². The summed E-state index contributed by atoms with van der Waals surface area (Å²) in [5, 5.41) is 20.1. The molecule has 1 aliphatic heterocycles. The third kappa shape index (κ3) is 2.44.